The summed E-state index contributed by atoms with van der Waals surface area (Å²) in [5.41, 5.74) is 11.8. The first-order valence-corrected chi connectivity index (χ1v) is 5.49. The van der Waals surface area contributed by atoms with Crippen LogP contribution in [-0.2, 0) is 16.1 Å². The summed E-state index contributed by atoms with van der Waals surface area (Å²) in [5.74, 6) is 0.111. The van der Waals surface area contributed by atoms with Gasteiger partial charge in [-0.05, 0) is 12.1 Å². The van der Waals surface area contributed by atoms with Crippen molar-refractivity contribution < 1.29 is 9.53 Å². The van der Waals surface area contributed by atoms with Crippen LogP contribution in [0.3, 0.4) is 0 Å². The minimum absolute atomic E-state index is 0.345. The van der Waals surface area contributed by atoms with E-state index >= 15 is 0 Å². The number of ether oxygens (including phenoxy) is 1. The third kappa shape index (κ3) is 2.92. The Balaban J connectivity index is 2.08. The second-order valence-electron chi connectivity index (χ2n) is 4.02. The molecule has 0 radical (unpaired) electrons. The lowest BCUT2D eigenvalue weighted by atomic mass is 10.2. The summed E-state index contributed by atoms with van der Waals surface area (Å²) < 4.78 is 5.25. The largest absolute Gasteiger partial charge is 0.384 e. The molecule has 1 aromatic heterocycles. The van der Waals surface area contributed by atoms with Crippen LogP contribution in [0.2, 0.25) is 0 Å². The van der Waals surface area contributed by atoms with Gasteiger partial charge < -0.3 is 16.2 Å². The summed E-state index contributed by atoms with van der Waals surface area (Å²) in [7, 11) is 0. The Kier molecular flexibility index (Phi) is 3.55. The van der Waals surface area contributed by atoms with Gasteiger partial charge in [0.1, 0.15) is 11.9 Å². The molecule has 1 aliphatic heterocycles. The molecule has 1 amide bonds. The molecular weight excluding hydrogens is 220 g/mol. The molecule has 6 heteroatoms. The zero-order valence-electron chi connectivity index (χ0n) is 9.50. The molecule has 0 aromatic carbocycles. The average Bonchev–Trinajstić information content (AvgIpc) is 2.29. The van der Waals surface area contributed by atoms with Gasteiger partial charge in [-0.25, -0.2) is 4.98 Å². The summed E-state index contributed by atoms with van der Waals surface area (Å²) in [6.07, 6.45) is 0. The molecule has 1 atom stereocenters. The van der Waals surface area contributed by atoms with Gasteiger partial charge >= 0.3 is 0 Å². The van der Waals surface area contributed by atoms with Gasteiger partial charge in [0.15, 0.2) is 0 Å². The molecule has 1 aliphatic rings. The maximum absolute atomic E-state index is 11.3. The first-order valence-electron chi connectivity index (χ1n) is 5.49. The molecule has 6 nitrogen and oxygen atoms in total. The number of hydrogen-bond donors (Lipinski definition) is 2. The molecule has 1 fully saturated rings. The molecule has 0 saturated carbocycles. The molecule has 1 unspecified atom stereocenters. The van der Waals surface area contributed by atoms with Crippen LogP contribution in [0, 0.1) is 0 Å². The molecule has 1 aromatic rings. The van der Waals surface area contributed by atoms with Crippen LogP contribution >= 0.6 is 0 Å². The van der Waals surface area contributed by atoms with Crippen molar-refractivity contribution in [3.8, 4) is 0 Å². The summed E-state index contributed by atoms with van der Waals surface area (Å²) in [6, 6.07) is 5.07. The SMILES string of the molecule is NC(=O)C1COCCN1Cc1cccc(N)n1. The van der Waals surface area contributed by atoms with Crippen molar-refractivity contribution in [2.75, 3.05) is 25.5 Å². The van der Waals surface area contributed by atoms with Crippen molar-refractivity contribution in [1.82, 2.24) is 9.88 Å². The number of morpholine rings is 1. The van der Waals surface area contributed by atoms with Crippen LogP contribution in [0.5, 0.6) is 0 Å². The Morgan fingerprint density at radius 1 is 1.59 bits per heavy atom. The Labute approximate surface area is 99.5 Å². The molecule has 0 bridgehead atoms. The maximum atomic E-state index is 11.3. The van der Waals surface area contributed by atoms with E-state index in [4.69, 9.17) is 16.2 Å². The lowest BCUT2D eigenvalue weighted by Gasteiger charge is -2.33. The lowest BCUT2D eigenvalue weighted by Crippen LogP contribution is -2.51. The van der Waals surface area contributed by atoms with Gasteiger partial charge in [-0.1, -0.05) is 6.07 Å². The fourth-order valence-corrected chi connectivity index (χ4v) is 1.88. The lowest BCUT2D eigenvalue weighted by molar-refractivity contribution is -0.129. The van der Waals surface area contributed by atoms with Crippen LogP contribution < -0.4 is 11.5 Å². The number of aromatic nitrogens is 1. The number of nitrogens with two attached hydrogens (primary N) is 2. The fourth-order valence-electron chi connectivity index (χ4n) is 1.88. The third-order valence-corrected chi connectivity index (χ3v) is 2.76. The Bertz CT molecular complexity index is 410. The molecule has 0 spiro atoms. The normalized spacial score (nSPS) is 21.3. The highest BCUT2D eigenvalue weighted by Gasteiger charge is 2.27. The molecule has 1 saturated heterocycles. The van der Waals surface area contributed by atoms with Gasteiger partial charge in [0.2, 0.25) is 5.91 Å². The molecule has 17 heavy (non-hydrogen) atoms. The van der Waals surface area contributed by atoms with E-state index in [9.17, 15) is 4.79 Å². The predicted octanol–water partition coefficient (Wildman–Crippen LogP) is -0.650. The minimum Gasteiger partial charge on any atom is -0.384 e. The van der Waals surface area contributed by atoms with E-state index in [1.807, 2.05) is 17.0 Å². The smallest absolute Gasteiger partial charge is 0.237 e. The monoisotopic (exact) mass is 236 g/mol. The predicted molar refractivity (Wildman–Crippen MR) is 62.9 cm³/mol. The number of carbonyl (C=O) groups is 1. The first-order chi connectivity index (χ1) is 8.16. The average molecular weight is 236 g/mol. The summed E-state index contributed by atoms with van der Waals surface area (Å²) in [5, 5.41) is 0. The van der Waals surface area contributed by atoms with Crippen molar-refractivity contribution in [3.05, 3.63) is 23.9 Å². The van der Waals surface area contributed by atoms with E-state index in [0.717, 1.165) is 5.69 Å². The van der Waals surface area contributed by atoms with Crippen molar-refractivity contribution in [2.24, 2.45) is 5.73 Å². The van der Waals surface area contributed by atoms with Gasteiger partial charge in [0.25, 0.3) is 0 Å². The van der Waals surface area contributed by atoms with Crippen molar-refractivity contribution >= 4 is 11.7 Å². The van der Waals surface area contributed by atoms with Crippen molar-refractivity contribution in [1.29, 1.82) is 0 Å². The number of hydrogen-bond acceptors (Lipinski definition) is 5. The highest BCUT2D eigenvalue weighted by molar-refractivity contribution is 5.80. The van der Waals surface area contributed by atoms with Crippen molar-refractivity contribution in [2.45, 2.75) is 12.6 Å². The number of carbonyl (C=O) groups excluding carboxylic acids is 1. The van der Waals surface area contributed by atoms with Crippen LogP contribution in [0.25, 0.3) is 0 Å². The summed E-state index contributed by atoms with van der Waals surface area (Å²) in [4.78, 5) is 17.4. The van der Waals surface area contributed by atoms with Crippen molar-refractivity contribution in [3.63, 3.8) is 0 Å². The van der Waals surface area contributed by atoms with Gasteiger partial charge in [-0.15, -0.1) is 0 Å². The van der Waals surface area contributed by atoms with Crippen LogP contribution in [0.1, 0.15) is 5.69 Å². The minimum atomic E-state index is -0.382. The topological polar surface area (TPSA) is 94.5 Å². The second-order valence-corrected chi connectivity index (χ2v) is 4.02. The summed E-state index contributed by atoms with van der Waals surface area (Å²) >= 11 is 0. The molecule has 2 rings (SSSR count). The van der Waals surface area contributed by atoms with Gasteiger partial charge in [-0.2, -0.15) is 0 Å². The number of anilines is 1. The van der Waals surface area contributed by atoms with Gasteiger partial charge in [-0.3, -0.25) is 9.69 Å². The number of primary amides is 1. The zero-order valence-corrected chi connectivity index (χ0v) is 9.50. The zero-order chi connectivity index (χ0) is 12.3. The Morgan fingerprint density at radius 3 is 3.12 bits per heavy atom. The number of nitrogens with zero attached hydrogens (tertiary/aromatic N) is 2. The summed E-state index contributed by atoms with van der Waals surface area (Å²) in [6.45, 7) is 2.18. The van der Waals surface area contributed by atoms with Gasteiger partial charge in [0, 0.05) is 13.1 Å². The fraction of sp³-hybridized carbons (Fsp3) is 0.455. The standard InChI is InChI=1S/C11H16N4O2/c12-10-3-1-2-8(14-10)6-15-4-5-17-7-9(15)11(13)16/h1-3,9H,4-7H2,(H2,12,14)(H2,13,16). The maximum Gasteiger partial charge on any atom is 0.237 e. The van der Waals surface area contributed by atoms with E-state index in [2.05, 4.69) is 4.98 Å². The molecule has 0 aliphatic carbocycles. The number of amides is 1. The van der Waals surface area contributed by atoms with Crippen LogP contribution in [0.15, 0.2) is 18.2 Å². The number of rotatable bonds is 3. The van der Waals surface area contributed by atoms with E-state index < -0.39 is 0 Å². The van der Waals surface area contributed by atoms with E-state index in [1.165, 1.54) is 0 Å². The number of pyridine rings is 1. The van der Waals surface area contributed by atoms with E-state index in [0.29, 0.717) is 32.1 Å². The highest BCUT2D eigenvalue weighted by atomic mass is 16.5. The quantitative estimate of drug-likeness (QED) is 0.727. The van der Waals surface area contributed by atoms with Crippen LogP contribution in [0.4, 0.5) is 5.82 Å². The molecule has 2 heterocycles. The Hall–Kier alpha value is -1.66. The molecular formula is C11H16N4O2. The first kappa shape index (κ1) is 11.8. The number of nitrogen functional groups attached to an aromatic ring is 1. The molecule has 4 N–H and O–H groups in total. The van der Waals surface area contributed by atoms with E-state index in [-0.39, 0.29) is 11.9 Å². The Morgan fingerprint density at radius 2 is 2.41 bits per heavy atom. The highest BCUT2D eigenvalue weighted by Crippen LogP contribution is 2.11. The third-order valence-electron chi connectivity index (χ3n) is 2.76. The van der Waals surface area contributed by atoms with E-state index in [1.54, 1.807) is 6.07 Å². The second kappa shape index (κ2) is 5.11. The van der Waals surface area contributed by atoms with Gasteiger partial charge in [0.05, 0.1) is 18.9 Å². The molecule has 92 valence electrons. The van der Waals surface area contributed by atoms with Crippen LogP contribution in [-0.4, -0.2) is 41.6 Å².